The van der Waals surface area contributed by atoms with Crippen LogP contribution in [-0.4, -0.2) is 33.9 Å². The largest absolute Gasteiger partial charge is 0.493 e. The Kier molecular flexibility index (Phi) is 6.36. The molecule has 1 aromatic carbocycles. The summed E-state index contributed by atoms with van der Waals surface area (Å²) in [4.78, 5) is 0. The van der Waals surface area contributed by atoms with Crippen LogP contribution in [0.2, 0.25) is 0 Å². The highest BCUT2D eigenvalue weighted by Gasteiger charge is 2.13. The number of sulfonamides is 1. The average Bonchev–Trinajstić information content (AvgIpc) is 2.42. The number of methoxy groups -OCH3 is 1. The molecule has 6 heteroatoms. The summed E-state index contributed by atoms with van der Waals surface area (Å²) in [7, 11) is -1.70. The minimum Gasteiger partial charge on any atom is -0.493 e. The van der Waals surface area contributed by atoms with E-state index in [1.54, 1.807) is 33.1 Å². The van der Waals surface area contributed by atoms with E-state index in [0.29, 0.717) is 11.5 Å². The second-order valence-corrected chi connectivity index (χ2v) is 6.53. The lowest BCUT2D eigenvalue weighted by molar-refractivity contribution is 0.331. The molecule has 0 saturated heterocycles. The molecule has 0 saturated carbocycles. The van der Waals surface area contributed by atoms with E-state index in [1.807, 2.05) is 12.1 Å². The van der Waals surface area contributed by atoms with E-state index < -0.39 is 15.3 Å². The van der Waals surface area contributed by atoms with Crippen LogP contribution in [-0.2, 0) is 10.0 Å². The molecule has 0 radical (unpaired) electrons. The summed E-state index contributed by atoms with van der Waals surface area (Å²) in [5.41, 5.74) is 0. The van der Waals surface area contributed by atoms with Crippen LogP contribution in [0.3, 0.4) is 0 Å². The van der Waals surface area contributed by atoms with Gasteiger partial charge in [-0.25, -0.2) is 13.1 Å². The Morgan fingerprint density at radius 2 is 1.85 bits per heavy atom. The standard InChI is InChI=1S/C14H19NO4S/c1-12(2)20(16,17)15-10-6-7-11-19-14-9-5-4-8-13(14)18-3/h4-5,8-9,12,15H,10-11H2,1-3H3. The number of benzene rings is 1. The van der Waals surface area contributed by atoms with E-state index in [9.17, 15) is 8.42 Å². The zero-order chi connectivity index (χ0) is 15.0. The predicted molar refractivity (Wildman–Crippen MR) is 78.3 cm³/mol. The molecule has 0 spiro atoms. The maximum Gasteiger partial charge on any atom is 0.214 e. The zero-order valence-corrected chi connectivity index (χ0v) is 12.7. The molecule has 110 valence electrons. The summed E-state index contributed by atoms with van der Waals surface area (Å²) in [6, 6.07) is 7.25. The molecule has 0 atom stereocenters. The molecule has 0 aliphatic carbocycles. The first-order valence-corrected chi connectivity index (χ1v) is 7.72. The van der Waals surface area contributed by atoms with Crippen LogP contribution in [0.5, 0.6) is 11.5 Å². The fourth-order valence-electron chi connectivity index (χ4n) is 1.27. The number of rotatable bonds is 6. The van der Waals surface area contributed by atoms with Gasteiger partial charge in [0.1, 0.15) is 6.61 Å². The maximum atomic E-state index is 11.4. The molecule has 0 amide bonds. The number of hydrogen-bond donors (Lipinski definition) is 1. The Labute approximate surface area is 120 Å². The second-order valence-electron chi connectivity index (χ2n) is 4.21. The number of nitrogens with one attached hydrogen (secondary N) is 1. The first-order chi connectivity index (χ1) is 9.47. The van der Waals surface area contributed by atoms with Gasteiger partial charge in [0.05, 0.1) is 18.9 Å². The minimum atomic E-state index is -3.26. The summed E-state index contributed by atoms with van der Waals surface area (Å²) in [5.74, 6) is 6.68. The van der Waals surface area contributed by atoms with E-state index >= 15 is 0 Å². The van der Waals surface area contributed by atoms with Crippen molar-refractivity contribution in [3.8, 4) is 23.3 Å². The van der Waals surface area contributed by atoms with Gasteiger partial charge in [-0.2, -0.15) is 0 Å². The molecular formula is C14H19NO4S. The Bertz CT molecular complexity index is 585. The van der Waals surface area contributed by atoms with Gasteiger partial charge in [0.15, 0.2) is 11.5 Å². The quantitative estimate of drug-likeness (QED) is 0.806. The van der Waals surface area contributed by atoms with Gasteiger partial charge in [-0.05, 0) is 26.0 Å². The predicted octanol–water partition coefficient (Wildman–Crippen LogP) is 1.41. The lowest BCUT2D eigenvalue weighted by atomic mass is 10.3. The van der Waals surface area contributed by atoms with Gasteiger partial charge in [-0.15, -0.1) is 0 Å². The van der Waals surface area contributed by atoms with Crippen LogP contribution in [0.25, 0.3) is 0 Å². The summed E-state index contributed by atoms with van der Waals surface area (Å²) in [6.45, 7) is 3.47. The fraction of sp³-hybridized carbons (Fsp3) is 0.429. The summed E-state index contributed by atoms with van der Waals surface area (Å²) < 4.78 is 35.8. The first kappa shape index (κ1) is 16.3. The van der Waals surface area contributed by atoms with Crippen molar-refractivity contribution < 1.29 is 17.9 Å². The summed E-state index contributed by atoms with van der Waals surface area (Å²) in [6.07, 6.45) is 0. The monoisotopic (exact) mass is 297 g/mol. The molecule has 20 heavy (non-hydrogen) atoms. The van der Waals surface area contributed by atoms with Gasteiger partial charge in [-0.3, -0.25) is 0 Å². The normalized spacial score (nSPS) is 10.8. The van der Waals surface area contributed by atoms with Crippen molar-refractivity contribution in [2.45, 2.75) is 19.1 Å². The van der Waals surface area contributed by atoms with Gasteiger partial charge in [0.2, 0.25) is 10.0 Å². The van der Waals surface area contributed by atoms with Crippen LogP contribution in [0.15, 0.2) is 24.3 Å². The van der Waals surface area contributed by atoms with Crippen molar-refractivity contribution in [1.82, 2.24) is 4.72 Å². The summed E-state index contributed by atoms with van der Waals surface area (Å²) >= 11 is 0. The molecule has 0 fully saturated rings. The maximum absolute atomic E-state index is 11.4. The Morgan fingerprint density at radius 3 is 2.45 bits per heavy atom. The molecule has 0 heterocycles. The number of hydrogen-bond acceptors (Lipinski definition) is 4. The molecule has 0 aromatic heterocycles. The molecular weight excluding hydrogens is 278 g/mol. The highest BCUT2D eigenvalue weighted by molar-refractivity contribution is 7.90. The number of para-hydroxylation sites is 2. The minimum absolute atomic E-state index is 0.0792. The van der Waals surface area contributed by atoms with Crippen molar-refractivity contribution in [2.24, 2.45) is 0 Å². The van der Waals surface area contributed by atoms with E-state index in [0.717, 1.165) is 0 Å². The Balaban J connectivity index is 2.41. The van der Waals surface area contributed by atoms with Gasteiger partial charge < -0.3 is 9.47 Å². The first-order valence-electron chi connectivity index (χ1n) is 6.17. The Hall–Kier alpha value is -1.71. The topological polar surface area (TPSA) is 64.6 Å². The van der Waals surface area contributed by atoms with Crippen molar-refractivity contribution >= 4 is 10.0 Å². The van der Waals surface area contributed by atoms with Crippen LogP contribution < -0.4 is 14.2 Å². The van der Waals surface area contributed by atoms with E-state index in [4.69, 9.17) is 9.47 Å². The molecule has 0 aliphatic heterocycles. The van der Waals surface area contributed by atoms with Gasteiger partial charge in [0.25, 0.3) is 0 Å². The zero-order valence-electron chi connectivity index (χ0n) is 11.8. The highest BCUT2D eigenvalue weighted by Crippen LogP contribution is 2.25. The average molecular weight is 297 g/mol. The molecule has 5 nitrogen and oxygen atoms in total. The van der Waals surface area contributed by atoms with Crippen molar-refractivity contribution in [3.63, 3.8) is 0 Å². The van der Waals surface area contributed by atoms with E-state index in [2.05, 4.69) is 16.6 Å². The van der Waals surface area contributed by atoms with Gasteiger partial charge in [0, 0.05) is 0 Å². The lowest BCUT2D eigenvalue weighted by Gasteiger charge is -2.07. The third-order valence-electron chi connectivity index (χ3n) is 2.48. The lowest BCUT2D eigenvalue weighted by Crippen LogP contribution is -2.31. The second kappa shape index (κ2) is 7.78. The highest BCUT2D eigenvalue weighted by atomic mass is 32.2. The molecule has 0 aliphatic rings. The number of ether oxygens (including phenoxy) is 2. The van der Waals surface area contributed by atoms with Gasteiger partial charge >= 0.3 is 0 Å². The van der Waals surface area contributed by atoms with Crippen LogP contribution in [0.4, 0.5) is 0 Å². The van der Waals surface area contributed by atoms with Crippen molar-refractivity contribution in [2.75, 3.05) is 20.3 Å². The van der Waals surface area contributed by atoms with Crippen LogP contribution >= 0.6 is 0 Å². The third-order valence-corrected chi connectivity index (χ3v) is 4.26. The van der Waals surface area contributed by atoms with E-state index in [1.165, 1.54) is 0 Å². The third kappa shape index (κ3) is 5.11. The molecule has 0 bridgehead atoms. The summed E-state index contributed by atoms with van der Waals surface area (Å²) in [5, 5.41) is -0.464. The van der Waals surface area contributed by atoms with Crippen LogP contribution in [0.1, 0.15) is 13.8 Å². The smallest absolute Gasteiger partial charge is 0.214 e. The SMILES string of the molecule is COc1ccccc1OCC#CCNS(=O)(=O)C(C)C. The molecule has 1 aromatic rings. The fourth-order valence-corrected chi connectivity index (χ4v) is 1.88. The Morgan fingerprint density at radius 1 is 1.20 bits per heavy atom. The van der Waals surface area contributed by atoms with Crippen molar-refractivity contribution in [1.29, 1.82) is 0 Å². The molecule has 0 unspecified atom stereocenters. The van der Waals surface area contributed by atoms with E-state index in [-0.39, 0.29) is 13.2 Å². The van der Waals surface area contributed by atoms with Crippen LogP contribution in [0, 0.1) is 11.8 Å². The van der Waals surface area contributed by atoms with Crippen molar-refractivity contribution in [3.05, 3.63) is 24.3 Å². The molecule has 1 N–H and O–H groups in total. The molecule has 1 rings (SSSR count). The van der Waals surface area contributed by atoms with Gasteiger partial charge in [-0.1, -0.05) is 24.0 Å².